The first-order valence-corrected chi connectivity index (χ1v) is 9.69. The molecule has 0 bridgehead atoms. The van der Waals surface area contributed by atoms with Gasteiger partial charge in [-0.05, 0) is 31.5 Å². The Kier molecular flexibility index (Phi) is 4.01. The standard InChI is InChI=1S/C23H21N3O3/c1-15-14-16(2)25-22(24-15)29-20-21(27)26-12-13-28-19-11-7-6-10-18(19)23(20,26)17-8-4-3-5-9-17/h3-11,14,20H,12-13H2,1-2H3. The topological polar surface area (TPSA) is 64.5 Å². The van der Waals surface area contributed by atoms with Gasteiger partial charge < -0.3 is 14.4 Å². The molecule has 2 aliphatic rings. The first kappa shape index (κ1) is 17.7. The van der Waals surface area contributed by atoms with Gasteiger partial charge in [0.05, 0.1) is 6.54 Å². The Hall–Kier alpha value is -3.41. The number of rotatable bonds is 3. The smallest absolute Gasteiger partial charge is 0.317 e. The van der Waals surface area contributed by atoms with Crippen LogP contribution in [0.4, 0.5) is 0 Å². The average Bonchev–Trinajstić information content (AvgIpc) is 2.87. The predicted octanol–water partition coefficient (Wildman–Crippen LogP) is 3.02. The van der Waals surface area contributed by atoms with E-state index in [1.54, 1.807) is 0 Å². The van der Waals surface area contributed by atoms with E-state index in [-0.39, 0.29) is 11.9 Å². The van der Waals surface area contributed by atoms with Gasteiger partial charge in [0.2, 0.25) is 6.10 Å². The molecular weight excluding hydrogens is 366 g/mol. The summed E-state index contributed by atoms with van der Waals surface area (Å²) < 4.78 is 12.2. The van der Waals surface area contributed by atoms with E-state index < -0.39 is 11.6 Å². The molecule has 3 aromatic rings. The molecule has 0 N–H and O–H groups in total. The summed E-state index contributed by atoms with van der Waals surface area (Å²) >= 11 is 0. The van der Waals surface area contributed by atoms with Gasteiger partial charge in [-0.3, -0.25) is 4.79 Å². The van der Waals surface area contributed by atoms with Crippen LogP contribution in [0.1, 0.15) is 22.5 Å². The molecule has 6 nitrogen and oxygen atoms in total. The van der Waals surface area contributed by atoms with Crippen molar-refractivity contribution in [1.82, 2.24) is 14.9 Å². The van der Waals surface area contributed by atoms with Crippen LogP contribution in [0.2, 0.25) is 0 Å². The highest BCUT2D eigenvalue weighted by atomic mass is 16.5. The van der Waals surface area contributed by atoms with Crippen LogP contribution in [-0.4, -0.2) is 40.0 Å². The van der Waals surface area contributed by atoms with Crippen LogP contribution in [0, 0.1) is 13.8 Å². The maximum absolute atomic E-state index is 13.2. The fourth-order valence-corrected chi connectivity index (χ4v) is 4.44. The molecule has 0 radical (unpaired) electrons. The van der Waals surface area contributed by atoms with E-state index in [2.05, 4.69) is 9.97 Å². The zero-order chi connectivity index (χ0) is 20.0. The number of ether oxygens (including phenoxy) is 2. The molecule has 1 aromatic heterocycles. The Bertz CT molecular complexity index is 1070. The van der Waals surface area contributed by atoms with Gasteiger partial charge in [0.1, 0.15) is 17.9 Å². The van der Waals surface area contributed by atoms with Gasteiger partial charge in [0.15, 0.2) is 0 Å². The van der Waals surface area contributed by atoms with Crippen LogP contribution in [0.3, 0.4) is 0 Å². The fourth-order valence-electron chi connectivity index (χ4n) is 4.44. The van der Waals surface area contributed by atoms with E-state index in [4.69, 9.17) is 9.47 Å². The molecule has 3 heterocycles. The molecule has 2 unspecified atom stereocenters. The van der Waals surface area contributed by atoms with Crippen molar-refractivity contribution in [1.29, 1.82) is 0 Å². The Balaban J connectivity index is 1.70. The quantitative estimate of drug-likeness (QED) is 0.647. The van der Waals surface area contributed by atoms with Crippen LogP contribution in [0.15, 0.2) is 60.7 Å². The number of amides is 1. The zero-order valence-electron chi connectivity index (χ0n) is 16.3. The SMILES string of the molecule is Cc1cc(C)nc(OC2C(=O)N3CCOc4ccccc4C23c2ccccc2)n1. The Morgan fingerprint density at radius 1 is 1.03 bits per heavy atom. The second-order valence-corrected chi connectivity index (χ2v) is 7.40. The third kappa shape index (κ3) is 2.59. The first-order valence-electron chi connectivity index (χ1n) is 9.69. The summed E-state index contributed by atoms with van der Waals surface area (Å²) in [6, 6.07) is 19.9. The molecule has 2 atom stereocenters. The van der Waals surface area contributed by atoms with Crippen LogP contribution in [0.25, 0.3) is 0 Å². The molecule has 5 rings (SSSR count). The number of carbonyl (C=O) groups is 1. The molecule has 2 aromatic carbocycles. The van der Waals surface area contributed by atoms with Crippen molar-refractivity contribution < 1.29 is 14.3 Å². The normalized spacial score (nSPS) is 22.6. The van der Waals surface area contributed by atoms with E-state index in [1.807, 2.05) is 79.4 Å². The fraction of sp³-hybridized carbons (Fsp3) is 0.261. The van der Waals surface area contributed by atoms with Crippen LogP contribution >= 0.6 is 0 Å². The van der Waals surface area contributed by atoms with Crippen LogP contribution in [0.5, 0.6) is 11.8 Å². The van der Waals surface area contributed by atoms with Crippen LogP contribution < -0.4 is 9.47 Å². The number of benzene rings is 2. The largest absolute Gasteiger partial charge is 0.491 e. The van der Waals surface area contributed by atoms with E-state index in [9.17, 15) is 4.79 Å². The van der Waals surface area contributed by atoms with Crippen molar-refractivity contribution in [2.24, 2.45) is 0 Å². The van der Waals surface area contributed by atoms with Crippen LogP contribution in [-0.2, 0) is 10.3 Å². The number of hydrogen-bond acceptors (Lipinski definition) is 5. The van der Waals surface area contributed by atoms with Crippen molar-refractivity contribution in [3.8, 4) is 11.8 Å². The summed E-state index contributed by atoms with van der Waals surface area (Å²) in [7, 11) is 0. The summed E-state index contributed by atoms with van der Waals surface area (Å²) in [5, 5.41) is 0. The van der Waals surface area contributed by atoms with Gasteiger partial charge in [0.25, 0.3) is 5.91 Å². The summed E-state index contributed by atoms with van der Waals surface area (Å²) in [5.41, 5.74) is 2.71. The van der Waals surface area contributed by atoms with Gasteiger partial charge in [-0.25, -0.2) is 9.97 Å². The highest BCUT2D eigenvalue weighted by Gasteiger charge is 2.65. The third-order valence-corrected chi connectivity index (χ3v) is 5.56. The lowest BCUT2D eigenvalue weighted by atomic mass is 9.69. The Morgan fingerprint density at radius 2 is 1.72 bits per heavy atom. The highest BCUT2D eigenvalue weighted by molar-refractivity contribution is 5.93. The number of carbonyl (C=O) groups excluding carboxylic acids is 1. The second-order valence-electron chi connectivity index (χ2n) is 7.40. The third-order valence-electron chi connectivity index (χ3n) is 5.56. The van der Waals surface area contributed by atoms with Crippen molar-refractivity contribution in [3.05, 3.63) is 83.2 Å². The molecule has 1 amide bonds. The maximum Gasteiger partial charge on any atom is 0.317 e. The van der Waals surface area contributed by atoms with E-state index in [0.29, 0.717) is 13.2 Å². The molecular formula is C23H21N3O3. The van der Waals surface area contributed by atoms with Crippen molar-refractivity contribution in [2.75, 3.05) is 13.2 Å². The molecule has 2 aliphatic heterocycles. The van der Waals surface area contributed by atoms with Crippen molar-refractivity contribution >= 4 is 5.91 Å². The lowest BCUT2D eigenvalue weighted by molar-refractivity contribution is -0.177. The number of β-lactam (4-membered cyclic amide) rings is 1. The number of aromatic nitrogens is 2. The van der Waals surface area contributed by atoms with Gasteiger partial charge >= 0.3 is 6.01 Å². The lowest BCUT2D eigenvalue weighted by Gasteiger charge is -2.55. The van der Waals surface area contributed by atoms with Gasteiger partial charge in [-0.15, -0.1) is 0 Å². The number of nitrogens with zero attached hydrogens (tertiary/aromatic N) is 3. The average molecular weight is 387 g/mol. The summed E-state index contributed by atoms with van der Waals surface area (Å²) in [6.07, 6.45) is -0.769. The monoisotopic (exact) mass is 387 g/mol. The highest BCUT2D eigenvalue weighted by Crippen LogP contribution is 2.52. The maximum atomic E-state index is 13.2. The van der Waals surface area contributed by atoms with Gasteiger partial charge in [-0.1, -0.05) is 48.5 Å². The molecule has 0 spiro atoms. The molecule has 1 saturated heterocycles. The van der Waals surface area contributed by atoms with Gasteiger partial charge in [-0.2, -0.15) is 0 Å². The second kappa shape index (κ2) is 6.58. The molecule has 0 aliphatic carbocycles. The molecule has 1 fully saturated rings. The molecule has 6 heteroatoms. The summed E-state index contributed by atoms with van der Waals surface area (Å²) in [5.74, 6) is 0.679. The lowest BCUT2D eigenvalue weighted by Crippen LogP contribution is -2.74. The van der Waals surface area contributed by atoms with E-state index in [1.165, 1.54) is 0 Å². The first-order chi connectivity index (χ1) is 14.1. The molecule has 0 saturated carbocycles. The van der Waals surface area contributed by atoms with Crippen molar-refractivity contribution in [3.63, 3.8) is 0 Å². The predicted molar refractivity (Wildman–Crippen MR) is 107 cm³/mol. The van der Waals surface area contributed by atoms with Gasteiger partial charge in [0, 0.05) is 17.0 Å². The summed E-state index contributed by atoms with van der Waals surface area (Å²) in [6.45, 7) is 4.69. The zero-order valence-corrected chi connectivity index (χ0v) is 16.3. The minimum atomic E-state index is -0.785. The number of aryl methyl sites for hydroxylation is 2. The number of hydrogen-bond donors (Lipinski definition) is 0. The molecule has 29 heavy (non-hydrogen) atoms. The number of fused-ring (bicyclic) bond motifs is 3. The van der Waals surface area contributed by atoms with E-state index >= 15 is 0 Å². The Morgan fingerprint density at radius 3 is 2.48 bits per heavy atom. The minimum Gasteiger partial charge on any atom is -0.491 e. The summed E-state index contributed by atoms with van der Waals surface area (Å²) in [4.78, 5) is 23.8. The van der Waals surface area contributed by atoms with E-state index in [0.717, 1.165) is 28.3 Å². The number of para-hydroxylation sites is 1. The Labute approximate surface area is 169 Å². The van der Waals surface area contributed by atoms with Crippen molar-refractivity contribution in [2.45, 2.75) is 25.5 Å². The molecule has 146 valence electrons. The minimum absolute atomic E-state index is 0.0862.